The molecule has 4 nitrogen and oxygen atoms in total. The predicted octanol–water partition coefficient (Wildman–Crippen LogP) is 3.52. The van der Waals surface area contributed by atoms with Gasteiger partial charge in [-0.3, -0.25) is 0 Å². The fraction of sp³-hybridized carbons (Fsp3) is 0.455. The summed E-state index contributed by atoms with van der Waals surface area (Å²) in [5.41, 5.74) is 2.40. The number of fused-ring (bicyclic) bond motifs is 1. The van der Waals surface area contributed by atoms with Crippen molar-refractivity contribution < 1.29 is 19.3 Å². The molecule has 2 aromatic rings. The van der Waals surface area contributed by atoms with Gasteiger partial charge in [0.25, 0.3) is 0 Å². The largest absolute Gasteiger partial charge is 0.487 e. The standard InChI is InChI=1S/C22H26FNO3/c1-15-2-7-21-18(12-15)19(25)13-22(27-21)8-10-24(11-9-22)14-20(26)16-3-5-17(23)6-4-16/h2-7,12,19-20,25-26H,8-11,13-14H2,1H3/t19-,20-/m1/s1. The number of aliphatic hydroxyl groups is 2. The average Bonchev–Trinajstić information content (AvgIpc) is 2.65. The highest BCUT2D eigenvalue weighted by atomic mass is 19.1. The number of piperidine rings is 1. The SMILES string of the molecule is Cc1ccc2c(c1)[C@H](O)CC1(CCN(C[C@@H](O)c3ccc(F)cc3)CC1)O2. The van der Waals surface area contributed by atoms with E-state index in [0.29, 0.717) is 13.0 Å². The highest BCUT2D eigenvalue weighted by molar-refractivity contribution is 5.41. The van der Waals surface area contributed by atoms with Crippen molar-refractivity contribution in [3.05, 3.63) is 65.0 Å². The molecule has 0 amide bonds. The number of hydrogen-bond donors (Lipinski definition) is 2. The van der Waals surface area contributed by atoms with E-state index in [4.69, 9.17) is 4.74 Å². The lowest BCUT2D eigenvalue weighted by molar-refractivity contribution is -0.0588. The van der Waals surface area contributed by atoms with Crippen molar-refractivity contribution in [2.45, 2.75) is 44.0 Å². The maximum Gasteiger partial charge on any atom is 0.125 e. The molecule has 2 heterocycles. The van der Waals surface area contributed by atoms with Crippen molar-refractivity contribution in [1.82, 2.24) is 4.90 Å². The van der Waals surface area contributed by atoms with Gasteiger partial charge in [0.2, 0.25) is 0 Å². The number of hydrogen-bond acceptors (Lipinski definition) is 4. The lowest BCUT2D eigenvalue weighted by Gasteiger charge is -2.46. The van der Waals surface area contributed by atoms with E-state index in [-0.39, 0.29) is 11.4 Å². The summed E-state index contributed by atoms with van der Waals surface area (Å²) in [5.74, 6) is 0.494. The minimum Gasteiger partial charge on any atom is -0.487 e. The number of rotatable bonds is 3. The Hall–Kier alpha value is -1.95. The number of ether oxygens (including phenoxy) is 1. The van der Waals surface area contributed by atoms with Crippen molar-refractivity contribution in [3.63, 3.8) is 0 Å². The third-order valence-corrected chi connectivity index (χ3v) is 5.87. The van der Waals surface area contributed by atoms with Crippen LogP contribution >= 0.6 is 0 Å². The second kappa shape index (κ2) is 7.23. The van der Waals surface area contributed by atoms with Crippen LogP contribution in [0.4, 0.5) is 4.39 Å². The van der Waals surface area contributed by atoms with Crippen LogP contribution < -0.4 is 4.74 Å². The quantitative estimate of drug-likeness (QED) is 0.867. The topological polar surface area (TPSA) is 52.9 Å². The first-order valence-electron chi connectivity index (χ1n) is 9.58. The number of likely N-dealkylation sites (tertiary alicyclic amines) is 1. The molecule has 27 heavy (non-hydrogen) atoms. The molecule has 0 aromatic heterocycles. The molecule has 4 rings (SSSR count). The van der Waals surface area contributed by atoms with Gasteiger partial charge in [-0.15, -0.1) is 0 Å². The van der Waals surface area contributed by atoms with Gasteiger partial charge in [0.15, 0.2) is 0 Å². The van der Waals surface area contributed by atoms with Crippen molar-refractivity contribution >= 4 is 0 Å². The van der Waals surface area contributed by atoms with Gasteiger partial charge in [0, 0.05) is 31.6 Å². The summed E-state index contributed by atoms with van der Waals surface area (Å²) in [6.07, 6.45) is 1.10. The van der Waals surface area contributed by atoms with E-state index < -0.39 is 12.2 Å². The van der Waals surface area contributed by atoms with Crippen LogP contribution in [0.15, 0.2) is 42.5 Å². The van der Waals surface area contributed by atoms with Gasteiger partial charge in [-0.25, -0.2) is 4.39 Å². The zero-order valence-electron chi connectivity index (χ0n) is 15.6. The second-order valence-electron chi connectivity index (χ2n) is 7.91. The number of halogens is 1. The van der Waals surface area contributed by atoms with E-state index >= 15 is 0 Å². The van der Waals surface area contributed by atoms with Crippen LogP contribution in [0.1, 0.15) is 48.2 Å². The average molecular weight is 371 g/mol. The first-order chi connectivity index (χ1) is 12.9. The molecular weight excluding hydrogens is 345 g/mol. The minimum atomic E-state index is -0.638. The van der Waals surface area contributed by atoms with Crippen LogP contribution in [0.5, 0.6) is 5.75 Å². The maximum absolute atomic E-state index is 13.0. The maximum atomic E-state index is 13.0. The fourth-order valence-electron chi connectivity index (χ4n) is 4.24. The Morgan fingerprint density at radius 1 is 1.19 bits per heavy atom. The molecule has 0 saturated carbocycles. The molecule has 2 aliphatic rings. The van der Waals surface area contributed by atoms with Crippen LogP contribution in [0.3, 0.4) is 0 Å². The third-order valence-electron chi connectivity index (χ3n) is 5.87. The Bertz CT molecular complexity index is 800. The Morgan fingerprint density at radius 3 is 2.59 bits per heavy atom. The highest BCUT2D eigenvalue weighted by Gasteiger charge is 2.43. The van der Waals surface area contributed by atoms with Crippen molar-refractivity contribution in [1.29, 1.82) is 0 Å². The number of nitrogens with zero attached hydrogens (tertiary/aromatic N) is 1. The Labute approximate surface area is 159 Å². The van der Waals surface area contributed by atoms with E-state index in [1.165, 1.54) is 12.1 Å². The van der Waals surface area contributed by atoms with Crippen LogP contribution in [-0.4, -0.2) is 40.3 Å². The molecule has 0 unspecified atom stereocenters. The molecule has 5 heteroatoms. The Kier molecular flexibility index (Phi) is 4.93. The van der Waals surface area contributed by atoms with Crippen molar-refractivity contribution in [2.75, 3.05) is 19.6 Å². The molecule has 1 spiro atoms. The predicted molar refractivity (Wildman–Crippen MR) is 101 cm³/mol. The zero-order chi connectivity index (χ0) is 19.0. The lowest BCUT2D eigenvalue weighted by Crippen LogP contribution is -2.51. The Balaban J connectivity index is 1.39. The number of aryl methyl sites for hydroxylation is 1. The smallest absolute Gasteiger partial charge is 0.125 e. The van der Waals surface area contributed by atoms with Gasteiger partial charge in [0.05, 0.1) is 12.2 Å². The van der Waals surface area contributed by atoms with E-state index in [9.17, 15) is 14.6 Å². The lowest BCUT2D eigenvalue weighted by atomic mass is 9.81. The molecule has 144 valence electrons. The summed E-state index contributed by atoms with van der Waals surface area (Å²) >= 11 is 0. The molecule has 2 aromatic carbocycles. The summed E-state index contributed by atoms with van der Waals surface area (Å²) in [4.78, 5) is 2.21. The highest BCUT2D eigenvalue weighted by Crippen LogP contribution is 2.44. The van der Waals surface area contributed by atoms with Gasteiger partial charge in [-0.1, -0.05) is 23.8 Å². The molecule has 2 atom stereocenters. The molecule has 0 bridgehead atoms. The monoisotopic (exact) mass is 371 g/mol. The van der Waals surface area contributed by atoms with Crippen molar-refractivity contribution in [2.24, 2.45) is 0 Å². The third kappa shape index (κ3) is 3.86. The minimum absolute atomic E-state index is 0.297. The second-order valence-corrected chi connectivity index (χ2v) is 7.91. The molecule has 1 saturated heterocycles. The molecule has 0 radical (unpaired) electrons. The number of aliphatic hydroxyl groups excluding tert-OH is 2. The summed E-state index contributed by atoms with van der Waals surface area (Å²) in [6.45, 7) is 4.13. The van der Waals surface area contributed by atoms with Crippen molar-refractivity contribution in [3.8, 4) is 5.75 Å². The van der Waals surface area contributed by atoms with Crippen LogP contribution in [-0.2, 0) is 0 Å². The van der Waals surface area contributed by atoms with Crippen LogP contribution in [0.25, 0.3) is 0 Å². The van der Waals surface area contributed by atoms with Crippen LogP contribution in [0.2, 0.25) is 0 Å². The Morgan fingerprint density at radius 2 is 1.89 bits per heavy atom. The zero-order valence-corrected chi connectivity index (χ0v) is 15.6. The molecule has 0 aliphatic carbocycles. The molecule has 2 N–H and O–H groups in total. The van der Waals surface area contributed by atoms with Gasteiger partial charge in [-0.05, 0) is 49.6 Å². The summed E-state index contributed by atoms with van der Waals surface area (Å²) < 4.78 is 19.4. The summed E-state index contributed by atoms with van der Waals surface area (Å²) in [6, 6.07) is 12.0. The first kappa shape index (κ1) is 18.4. The first-order valence-corrected chi connectivity index (χ1v) is 9.58. The van der Waals surface area contributed by atoms with E-state index in [1.54, 1.807) is 12.1 Å². The van der Waals surface area contributed by atoms with E-state index in [2.05, 4.69) is 4.90 Å². The van der Waals surface area contributed by atoms with Gasteiger partial charge >= 0.3 is 0 Å². The molecule has 1 fully saturated rings. The van der Waals surface area contributed by atoms with Crippen LogP contribution in [0, 0.1) is 12.7 Å². The normalized spacial score (nSPS) is 22.9. The van der Waals surface area contributed by atoms with Gasteiger partial charge in [-0.2, -0.15) is 0 Å². The summed E-state index contributed by atoms with van der Waals surface area (Å²) in [7, 11) is 0. The van der Waals surface area contributed by atoms with E-state index in [1.807, 2.05) is 25.1 Å². The van der Waals surface area contributed by atoms with E-state index in [0.717, 1.165) is 48.4 Å². The number of benzene rings is 2. The summed E-state index contributed by atoms with van der Waals surface area (Å²) in [5, 5.41) is 21.0. The van der Waals surface area contributed by atoms with Gasteiger partial charge < -0.3 is 19.8 Å². The molecular formula is C22H26FNO3. The fourth-order valence-corrected chi connectivity index (χ4v) is 4.24. The van der Waals surface area contributed by atoms with Gasteiger partial charge in [0.1, 0.15) is 17.2 Å². The number of β-amino-alcohol motifs (C(OH)–C–C–N with tert-alkyl or cyclic N) is 1. The molecule has 2 aliphatic heterocycles.